The maximum atomic E-state index is 13.1. The summed E-state index contributed by atoms with van der Waals surface area (Å²) in [5, 5.41) is 60.6. The second kappa shape index (κ2) is 18.5. The Kier molecular flexibility index (Phi) is 14.3. The van der Waals surface area contributed by atoms with Crippen molar-refractivity contribution in [3.63, 3.8) is 0 Å². The first-order valence-electron chi connectivity index (χ1n) is 18.1. The lowest BCUT2D eigenvalue weighted by atomic mass is 9.96. The Labute approximate surface area is 314 Å². The van der Waals surface area contributed by atoms with E-state index in [4.69, 9.17) is 37.8 Å². The van der Waals surface area contributed by atoms with Crippen LogP contribution in [0.5, 0.6) is 5.75 Å². The van der Waals surface area contributed by atoms with Crippen LogP contribution in [0.25, 0.3) is 11.1 Å². The van der Waals surface area contributed by atoms with Gasteiger partial charge in [0.1, 0.15) is 30.2 Å². The van der Waals surface area contributed by atoms with E-state index in [9.17, 15) is 30.3 Å². The molecule has 3 aromatic rings. The number of rotatable bonds is 21. The third-order valence-electron chi connectivity index (χ3n) is 9.81. The standard InChI is InChI=1S/C39H50Cl2N2O9/c1-2-26(45)20-43(21-33(46)37(49)38(50)34(47)22-44)36(48)10-6-3-7-24-17-32(41)25(18-31(24)40)23-51-39(14-15-39)30-19-42-16-13-28(30)29-8-4-5-9-35(29)52-27-11-12-27/h4-5,8-9,13,16-19,26-27,33-34,37-38,44-47,49-50H,2-3,6-7,10-12,14-15,20-23H2,1H3. The Balaban J connectivity index is 1.16. The third kappa shape index (κ3) is 10.4. The zero-order valence-corrected chi connectivity index (χ0v) is 30.9. The first-order chi connectivity index (χ1) is 25.0. The van der Waals surface area contributed by atoms with Gasteiger partial charge in [-0.1, -0.05) is 48.3 Å². The Morgan fingerprint density at radius 2 is 1.63 bits per heavy atom. The van der Waals surface area contributed by atoms with Crippen LogP contribution in [0.4, 0.5) is 0 Å². The van der Waals surface area contributed by atoms with Crippen LogP contribution in [-0.4, -0.2) is 103 Å². The largest absolute Gasteiger partial charge is 0.490 e. The van der Waals surface area contributed by atoms with Crippen LogP contribution in [0.2, 0.25) is 10.0 Å². The normalized spacial score (nSPS) is 17.9. The molecule has 11 nitrogen and oxygen atoms in total. The van der Waals surface area contributed by atoms with Gasteiger partial charge in [0.2, 0.25) is 5.91 Å². The summed E-state index contributed by atoms with van der Waals surface area (Å²) in [6, 6.07) is 13.7. The third-order valence-corrected chi connectivity index (χ3v) is 10.5. The second-order valence-corrected chi connectivity index (χ2v) is 14.7. The highest BCUT2D eigenvalue weighted by atomic mass is 35.5. The Hall–Kier alpha value is -2.84. The summed E-state index contributed by atoms with van der Waals surface area (Å²) in [4.78, 5) is 18.8. The molecule has 0 bridgehead atoms. The van der Waals surface area contributed by atoms with Crippen molar-refractivity contribution in [2.24, 2.45) is 0 Å². The number of hydrogen-bond acceptors (Lipinski definition) is 10. The van der Waals surface area contributed by atoms with Crippen molar-refractivity contribution in [2.75, 3.05) is 19.7 Å². The predicted molar refractivity (Wildman–Crippen MR) is 197 cm³/mol. The number of ether oxygens (including phenoxy) is 2. The molecule has 1 aromatic heterocycles. The summed E-state index contributed by atoms with van der Waals surface area (Å²) >= 11 is 13.5. The van der Waals surface area contributed by atoms with Crippen LogP contribution < -0.4 is 4.74 Å². The van der Waals surface area contributed by atoms with Crippen molar-refractivity contribution >= 4 is 29.1 Å². The van der Waals surface area contributed by atoms with E-state index in [-0.39, 0.29) is 38.1 Å². The van der Waals surface area contributed by atoms with Gasteiger partial charge >= 0.3 is 0 Å². The molecule has 2 saturated carbocycles. The van der Waals surface area contributed by atoms with Gasteiger partial charge < -0.3 is 45.0 Å². The molecule has 1 amide bonds. The van der Waals surface area contributed by atoms with E-state index in [1.165, 1.54) is 4.90 Å². The molecule has 5 rings (SSSR count). The van der Waals surface area contributed by atoms with E-state index < -0.39 is 42.7 Å². The van der Waals surface area contributed by atoms with Crippen molar-refractivity contribution in [2.45, 2.75) is 114 Å². The smallest absolute Gasteiger partial charge is 0.222 e. The van der Waals surface area contributed by atoms with Crippen molar-refractivity contribution < 1.29 is 44.9 Å². The number of halogens is 2. The summed E-state index contributed by atoms with van der Waals surface area (Å²) in [7, 11) is 0. The van der Waals surface area contributed by atoms with Gasteiger partial charge in [-0.3, -0.25) is 9.78 Å². The molecule has 0 saturated heterocycles. The number of carbonyl (C=O) groups excluding carboxylic acids is 1. The number of nitrogens with zero attached hydrogens (tertiary/aromatic N) is 2. The van der Waals surface area contributed by atoms with E-state index in [2.05, 4.69) is 11.1 Å². The SMILES string of the molecule is CCC(O)CN(CC(O)C(O)C(O)C(O)CO)C(=O)CCCCc1cc(Cl)c(COC2(c3cnccc3-c3ccccc3OC3CC3)CC2)cc1Cl. The molecule has 2 aliphatic rings. The molecule has 0 spiro atoms. The van der Waals surface area contributed by atoms with Crippen molar-refractivity contribution in [1.29, 1.82) is 0 Å². The zero-order valence-electron chi connectivity index (χ0n) is 29.4. The van der Waals surface area contributed by atoms with Gasteiger partial charge in [0.05, 0.1) is 31.0 Å². The molecule has 5 atom stereocenters. The van der Waals surface area contributed by atoms with Gasteiger partial charge in [-0.2, -0.15) is 0 Å². The van der Waals surface area contributed by atoms with Gasteiger partial charge in [0, 0.05) is 53.1 Å². The summed E-state index contributed by atoms with van der Waals surface area (Å²) < 4.78 is 12.8. The minimum Gasteiger partial charge on any atom is -0.490 e. The number of aryl methyl sites for hydroxylation is 1. The van der Waals surface area contributed by atoms with Gasteiger partial charge in [0.25, 0.3) is 0 Å². The maximum Gasteiger partial charge on any atom is 0.222 e. The molecule has 0 radical (unpaired) electrons. The topological polar surface area (TPSA) is 173 Å². The molecular weight excluding hydrogens is 711 g/mol. The van der Waals surface area contributed by atoms with E-state index >= 15 is 0 Å². The number of carbonyl (C=O) groups is 1. The first-order valence-corrected chi connectivity index (χ1v) is 18.8. The van der Waals surface area contributed by atoms with Gasteiger partial charge in [0.15, 0.2) is 0 Å². The Morgan fingerprint density at radius 3 is 2.33 bits per heavy atom. The number of aliphatic hydroxyl groups is 6. The minimum atomic E-state index is -1.81. The summed E-state index contributed by atoms with van der Waals surface area (Å²) in [5.41, 5.74) is 4.18. The Morgan fingerprint density at radius 1 is 0.942 bits per heavy atom. The number of amides is 1. The summed E-state index contributed by atoms with van der Waals surface area (Å²) in [5.74, 6) is 0.513. The van der Waals surface area contributed by atoms with Gasteiger partial charge in [-0.15, -0.1) is 0 Å². The zero-order chi connectivity index (χ0) is 37.4. The highest BCUT2D eigenvalue weighted by Crippen LogP contribution is 2.53. The van der Waals surface area contributed by atoms with Gasteiger partial charge in [-0.25, -0.2) is 0 Å². The van der Waals surface area contributed by atoms with Crippen LogP contribution in [0.15, 0.2) is 54.9 Å². The van der Waals surface area contributed by atoms with E-state index in [0.717, 1.165) is 59.3 Å². The highest BCUT2D eigenvalue weighted by Gasteiger charge is 2.48. The second-order valence-electron chi connectivity index (χ2n) is 13.9. The Bertz CT molecular complexity index is 1640. The lowest BCUT2D eigenvalue weighted by molar-refractivity contribution is -0.141. The number of unbranched alkanes of at least 4 members (excludes halogenated alkanes) is 1. The number of aromatic nitrogens is 1. The van der Waals surface area contributed by atoms with Crippen LogP contribution in [0.1, 0.15) is 75.0 Å². The van der Waals surface area contributed by atoms with E-state index in [1.807, 2.05) is 42.6 Å². The van der Waals surface area contributed by atoms with Crippen molar-refractivity contribution in [3.8, 4) is 16.9 Å². The lowest BCUT2D eigenvalue weighted by Gasteiger charge is -2.31. The van der Waals surface area contributed by atoms with Crippen molar-refractivity contribution in [1.82, 2.24) is 9.88 Å². The summed E-state index contributed by atoms with van der Waals surface area (Å²) in [6.07, 6.45) is 2.14. The molecule has 284 valence electrons. The predicted octanol–water partition coefficient (Wildman–Crippen LogP) is 4.55. The quantitative estimate of drug-likeness (QED) is 0.0847. The number of benzene rings is 2. The average molecular weight is 762 g/mol. The van der Waals surface area contributed by atoms with Crippen LogP contribution in [0.3, 0.4) is 0 Å². The molecule has 5 unspecified atom stereocenters. The molecule has 2 aliphatic carbocycles. The fourth-order valence-electron chi connectivity index (χ4n) is 6.21. The highest BCUT2D eigenvalue weighted by molar-refractivity contribution is 6.34. The molecule has 0 aliphatic heterocycles. The molecule has 2 aromatic carbocycles. The van der Waals surface area contributed by atoms with Crippen LogP contribution in [-0.2, 0) is 28.2 Å². The number of aliphatic hydroxyl groups excluding tert-OH is 6. The fraction of sp³-hybridized carbons (Fsp3) is 0.538. The first kappa shape index (κ1) is 40.3. The lowest BCUT2D eigenvalue weighted by Crippen LogP contribution is -2.51. The van der Waals surface area contributed by atoms with Crippen LogP contribution in [0, 0.1) is 0 Å². The van der Waals surface area contributed by atoms with Gasteiger partial charge in [-0.05, 0) is 92.3 Å². The maximum absolute atomic E-state index is 13.1. The molecule has 2 fully saturated rings. The average Bonchev–Trinajstić information content (AvgIpc) is 4.10. The van der Waals surface area contributed by atoms with E-state index in [0.29, 0.717) is 35.7 Å². The number of hydrogen-bond donors (Lipinski definition) is 6. The molecule has 1 heterocycles. The molecule has 13 heteroatoms. The van der Waals surface area contributed by atoms with Crippen molar-refractivity contribution in [3.05, 3.63) is 81.6 Å². The number of para-hydroxylation sites is 1. The van der Waals surface area contributed by atoms with Crippen LogP contribution >= 0.6 is 23.2 Å². The number of pyridine rings is 1. The molecular formula is C39H50Cl2N2O9. The molecule has 6 N–H and O–H groups in total. The molecule has 52 heavy (non-hydrogen) atoms. The minimum absolute atomic E-state index is 0.0752. The fourth-order valence-corrected chi connectivity index (χ4v) is 6.73. The monoisotopic (exact) mass is 760 g/mol. The van der Waals surface area contributed by atoms with E-state index in [1.54, 1.807) is 13.1 Å². The summed E-state index contributed by atoms with van der Waals surface area (Å²) in [6.45, 7) is 0.752.